The van der Waals surface area contributed by atoms with Crippen LogP contribution < -0.4 is 5.32 Å². The zero-order valence-electron chi connectivity index (χ0n) is 12.0. The van der Waals surface area contributed by atoms with E-state index in [-0.39, 0.29) is 18.1 Å². The molecule has 4 nitrogen and oxygen atoms in total. The molecule has 0 radical (unpaired) electrons. The lowest BCUT2D eigenvalue weighted by Gasteiger charge is -2.31. The summed E-state index contributed by atoms with van der Waals surface area (Å²) in [4.78, 5) is 16.2. The second kappa shape index (κ2) is 6.17. The Balaban J connectivity index is 2.09. The summed E-state index contributed by atoms with van der Waals surface area (Å²) >= 11 is 0. The first kappa shape index (κ1) is 14.0. The van der Waals surface area contributed by atoms with Gasteiger partial charge in [0.1, 0.15) is 6.17 Å². The van der Waals surface area contributed by atoms with Gasteiger partial charge in [0.2, 0.25) is 5.91 Å². The van der Waals surface area contributed by atoms with Gasteiger partial charge in [0.15, 0.2) is 0 Å². The van der Waals surface area contributed by atoms with Gasteiger partial charge in [-0.1, -0.05) is 30.3 Å². The van der Waals surface area contributed by atoms with Crippen molar-refractivity contribution < 1.29 is 4.79 Å². The molecule has 1 N–H and O–H groups in total. The fourth-order valence-electron chi connectivity index (χ4n) is 2.52. The zero-order chi connectivity index (χ0) is 13.8. The van der Waals surface area contributed by atoms with Crippen LogP contribution in [0, 0.1) is 0 Å². The highest BCUT2D eigenvalue weighted by Crippen LogP contribution is 2.25. The molecule has 1 fully saturated rings. The molecule has 2 unspecified atom stereocenters. The molecule has 2 rings (SSSR count). The summed E-state index contributed by atoms with van der Waals surface area (Å²) in [5.41, 5.74) is 1.16. The van der Waals surface area contributed by atoms with Crippen LogP contribution in [0.15, 0.2) is 30.3 Å². The Hall–Kier alpha value is -1.39. The topological polar surface area (TPSA) is 35.6 Å². The van der Waals surface area contributed by atoms with E-state index in [4.69, 9.17) is 0 Å². The van der Waals surface area contributed by atoms with Gasteiger partial charge in [-0.25, -0.2) is 0 Å². The standard InChI is InChI=1S/C15H23N3O/c1-12(9-10-17(2)3)18-14(19)11-16-15(18)13-7-5-4-6-8-13/h4-8,12,15-16H,9-11H2,1-3H3. The number of nitrogens with one attached hydrogen (secondary N) is 1. The summed E-state index contributed by atoms with van der Waals surface area (Å²) in [6.07, 6.45) is 1.01. The van der Waals surface area contributed by atoms with Gasteiger partial charge in [-0.15, -0.1) is 0 Å². The quantitative estimate of drug-likeness (QED) is 0.871. The van der Waals surface area contributed by atoms with Crippen molar-refractivity contribution in [1.29, 1.82) is 0 Å². The number of hydrogen-bond donors (Lipinski definition) is 1. The van der Waals surface area contributed by atoms with Crippen molar-refractivity contribution in [2.45, 2.75) is 25.6 Å². The summed E-state index contributed by atoms with van der Waals surface area (Å²) in [6, 6.07) is 10.4. The van der Waals surface area contributed by atoms with E-state index in [0.717, 1.165) is 18.5 Å². The van der Waals surface area contributed by atoms with Crippen LogP contribution in [0.2, 0.25) is 0 Å². The van der Waals surface area contributed by atoms with Crippen molar-refractivity contribution in [1.82, 2.24) is 15.1 Å². The molecule has 4 heteroatoms. The first-order valence-corrected chi connectivity index (χ1v) is 6.84. The molecule has 0 aliphatic carbocycles. The van der Waals surface area contributed by atoms with Crippen molar-refractivity contribution in [3.8, 4) is 0 Å². The molecule has 19 heavy (non-hydrogen) atoms. The minimum atomic E-state index is 0.0193. The maximum absolute atomic E-state index is 12.1. The van der Waals surface area contributed by atoms with E-state index in [2.05, 4.69) is 43.4 Å². The molecule has 0 spiro atoms. The first-order valence-electron chi connectivity index (χ1n) is 6.84. The molecule has 0 aromatic heterocycles. The summed E-state index contributed by atoms with van der Waals surface area (Å²) in [6.45, 7) is 3.56. The number of carbonyl (C=O) groups is 1. The van der Waals surface area contributed by atoms with Gasteiger partial charge < -0.3 is 9.80 Å². The molecule has 2 atom stereocenters. The smallest absolute Gasteiger partial charge is 0.238 e. The van der Waals surface area contributed by atoms with Crippen LogP contribution in [0.5, 0.6) is 0 Å². The molecule has 1 aromatic carbocycles. The van der Waals surface area contributed by atoms with E-state index in [1.807, 2.05) is 23.1 Å². The maximum atomic E-state index is 12.1. The van der Waals surface area contributed by atoms with E-state index in [1.165, 1.54) is 0 Å². The molecule has 1 aromatic rings. The third-order valence-electron chi connectivity index (χ3n) is 3.60. The Kier molecular flexibility index (Phi) is 4.56. The minimum absolute atomic E-state index is 0.0193. The zero-order valence-corrected chi connectivity index (χ0v) is 12.0. The van der Waals surface area contributed by atoms with E-state index >= 15 is 0 Å². The van der Waals surface area contributed by atoms with E-state index in [1.54, 1.807) is 0 Å². The second-order valence-electron chi connectivity index (χ2n) is 5.44. The molecule has 104 valence electrons. The molecular formula is C15H23N3O. The lowest BCUT2D eigenvalue weighted by Crippen LogP contribution is -2.39. The number of amides is 1. The van der Waals surface area contributed by atoms with Gasteiger partial charge in [0.05, 0.1) is 6.54 Å². The molecule has 0 saturated carbocycles. The summed E-state index contributed by atoms with van der Waals surface area (Å²) in [5, 5.41) is 3.30. The van der Waals surface area contributed by atoms with Crippen molar-refractivity contribution in [2.24, 2.45) is 0 Å². The fraction of sp³-hybridized carbons (Fsp3) is 0.533. The van der Waals surface area contributed by atoms with Gasteiger partial charge in [-0.3, -0.25) is 10.1 Å². The Morgan fingerprint density at radius 1 is 1.37 bits per heavy atom. The van der Waals surface area contributed by atoms with E-state index < -0.39 is 0 Å². The SMILES string of the molecule is CC(CCN(C)C)N1C(=O)CNC1c1ccccc1. The van der Waals surface area contributed by atoms with Gasteiger partial charge in [-0.05, 0) is 39.5 Å². The molecule has 1 amide bonds. The number of rotatable bonds is 5. The van der Waals surface area contributed by atoms with E-state index in [9.17, 15) is 4.79 Å². The van der Waals surface area contributed by atoms with Gasteiger partial charge in [-0.2, -0.15) is 0 Å². The highest BCUT2D eigenvalue weighted by molar-refractivity contribution is 5.81. The number of hydrogen-bond acceptors (Lipinski definition) is 3. The molecule has 1 saturated heterocycles. The number of benzene rings is 1. The van der Waals surface area contributed by atoms with Crippen LogP contribution in [-0.2, 0) is 4.79 Å². The molecule has 1 aliphatic rings. The van der Waals surface area contributed by atoms with Crippen LogP contribution in [0.25, 0.3) is 0 Å². The van der Waals surface area contributed by atoms with Crippen LogP contribution >= 0.6 is 0 Å². The molecule has 1 aliphatic heterocycles. The van der Waals surface area contributed by atoms with Crippen molar-refractivity contribution in [3.63, 3.8) is 0 Å². The minimum Gasteiger partial charge on any atom is -0.319 e. The third kappa shape index (κ3) is 3.33. The lowest BCUT2D eigenvalue weighted by molar-refractivity contribution is -0.130. The second-order valence-corrected chi connectivity index (χ2v) is 5.44. The summed E-state index contributed by atoms with van der Waals surface area (Å²) in [7, 11) is 4.12. The Morgan fingerprint density at radius 2 is 2.05 bits per heavy atom. The summed E-state index contributed by atoms with van der Waals surface area (Å²) < 4.78 is 0. The fourth-order valence-corrected chi connectivity index (χ4v) is 2.52. The van der Waals surface area contributed by atoms with Crippen molar-refractivity contribution in [2.75, 3.05) is 27.2 Å². The van der Waals surface area contributed by atoms with Crippen molar-refractivity contribution >= 4 is 5.91 Å². The average molecular weight is 261 g/mol. The third-order valence-corrected chi connectivity index (χ3v) is 3.60. The average Bonchev–Trinajstić information content (AvgIpc) is 2.79. The maximum Gasteiger partial charge on any atom is 0.238 e. The summed E-state index contributed by atoms with van der Waals surface area (Å²) in [5.74, 6) is 0.195. The van der Waals surface area contributed by atoms with Crippen molar-refractivity contribution in [3.05, 3.63) is 35.9 Å². The van der Waals surface area contributed by atoms with Crippen LogP contribution in [0.4, 0.5) is 0 Å². The largest absolute Gasteiger partial charge is 0.319 e. The lowest BCUT2D eigenvalue weighted by atomic mass is 10.1. The van der Waals surface area contributed by atoms with Gasteiger partial charge in [0.25, 0.3) is 0 Å². The highest BCUT2D eigenvalue weighted by atomic mass is 16.2. The number of nitrogens with zero attached hydrogens (tertiary/aromatic N) is 2. The predicted molar refractivity (Wildman–Crippen MR) is 76.7 cm³/mol. The number of carbonyl (C=O) groups excluding carboxylic acids is 1. The monoisotopic (exact) mass is 261 g/mol. The molecule has 1 heterocycles. The molecular weight excluding hydrogens is 238 g/mol. The normalized spacial score (nSPS) is 21.2. The van der Waals surface area contributed by atoms with Gasteiger partial charge >= 0.3 is 0 Å². The van der Waals surface area contributed by atoms with Crippen LogP contribution in [0.1, 0.15) is 25.1 Å². The highest BCUT2D eigenvalue weighted by Gasteiger charge is 2.34. The Labute approximate surface area is 115 Å². The van der Waals surface area contributed by atoms with Gasteiger partial charge in [0, 0.05) is 6.04 Å². The van der Waals surface area contributed by atoms with Crippen LogP contribution in [-0.4, -0.2) is 48.9 Å². The molecule has 0 bridgehead atoms. The first-order chi connectivity index (χ1) is 9.09. The Bertz CT molecular complexity index is 419. The predicted octanol–water partition coefficient (Wildman–Crippen LogP) is 1.46. The Morgan fingerprint density at radius 3 is 2.68 bits per heavy atom. The van der Waals surface area contributed by atoms with Crippen LogP contribution in [0.3, 0.4) is 0 Å². The van der Waals surface area contributed by atoms with E-state index in [0.29, 0.717) is 6.54 Å².